The van der Waals surface area contributed by atoms with Crippen molar-refractivity contribution in [3.05, 3.63) is 83.1 Å². The predicted octanol–water partition coefficient (Wildman–Crippen LogP) is 3.47. The number of carbonyl (C=O) groups excluding carboxylic acids is 2. The number of hydrogen-bond acceptors (Lipinski definition) is 6. The van der Waals surface area contributed by atoms with E-state index in [0.29, 0.717) is 5.56 Å². The number of amides is 3. The lowest BCUT2D eigenvalue weighted by molar-refractivity contribution is 0.0899. The largest absolute Gasteiger partial charge is 0.479 e. The van der Waals surface area contributed by atoms with E-state index in [1.807, 2.05) is 0 Å². The molecule has 4 rings (SSSR count). The Kier molecular flexibility index (Phi) is 6.74. The van der Waals surface area contributed by atoms with Crippen LogP contribution in [0.5, 0.6) is 5.88 Å². The van der Waals surface area contributed by atoms with Crippen molar-refractivity contribution in [1.29, 1.82) is 0 Å². The van der Waals surface area contributed by atoms with Crippen LogP contribution < -0.4 is 20.9 Å². The van der Waals surface area contributed by atoms with Gasteiger partial charge in [0.15, 0.2) is 5.82 Å². The fourth-order valence-electron chi connectivity index (χ4n) is 3.09. The molecule has 4 aromatic rings. The van der Waals surface area contributed by atoms with Crippen LogP contribution in [0.15, 0.2) is 65.4 Å². The van der Waals surface area contributed by atoms with E-state index in [0.717, 1.165) is 11.1 Å². The summed E-state index contributed by atoms with van der Waals surface area (Å²) in [5.41, 5.74) is 6.73. The lowest BCUT2D eigenvalue weighted by atomic mass is 10.0. The summed E-state index contributed by atoms with van der Waals surface area (Å²) in [6, 6.07) is 12.4. The van der Waals surface area contributed by atoms with E-state index in [9.17, 15) is 14.0 Å². The highest BCUT2D eigenvalue weighted by Gasteiger charge is 2.16. The summed E-state index contributed by atoms with van der Waals surface area (Å²) in [7, 11) is 1.38. The number of urea groups is 1. The van der Waals surface area contributed by atoms with Gasteiger partial charge in [-0.1, -0.05) is 35.9 Å². The number of aromatic nitrogens is 3. The molecule has 10 nitrogen and oxygen atoms in total. The highest BCUT2D eigenvalue weighted by molar-refractivity contribution is 6.31. The summed E-state index contributed by atoms with van der Waals surface area (Å²) < 4.78 is 25.7. The van der Waals surface area contributed by atoms with Gasteiger partial charge in [0.05, 0.1) is 13.2 Å². The number of halogens is 2. The molecule has 0 aliphatic heterocycles. The molecule has 0 saturated carbocycles. The zero-order chi connectivity index (χ0) is 24.1. The summed E-state index contributed by atoms with van der Waals surface area (Å²) in [4.78, 5) is 23.9. The van der Waals surface area contributed by atoms with Crippen LogP contribution in [0.1, 0.15) is 16.1 Å². The minimum atomic E-state index is -0.697. The van der Waals surface area contributed by atoms with Gasteiger partial charge in [-0.3, -0.25) is 10.2 Å². The number of rotatable bonds is 6. The fraction of sp³-hybridized carbons (Fsp3) is 0.0909. The number of ether oxygens (including phenoxy) is 1. The molecule has 2 heterocycles. The second-order valence-electron chi connectivity index (χ2n) is 6.93. The van der Waals surface area contributed by atoms with Crippen molar-refractivity contribution in [1.82, 2.24) is 31.1 Å². The third-order valence-electron chi connectivity index (χ3n) is 4.69. The van der Waals surface area contributed by atoms with Crippen molar-refractivity contribution < 1.29 is 23.2 Å². The van der Waals surface area contributed by atoms with Crippen LogP contribution in [0.4, 0.5) is 9.18 Å². The SMILES string of the molecule is COc1cc(C(=O)NNC(=O)NCc2ccc(-c3cc(Cl)cc(F)c3-n3cccn3)cc2)on1. The summed E-state index contributed by atoms with van der Waals surface area (Å²) in [6.07, 6.45) is 3.20. The van der Waals surface area contributed by atoms with Crippen LogP contribution in [-0.2, 0) is 6.54 Å². The fourth-order valence-corrected chi connectivity index (χ4v) is 3.29. The average Bonchev–Trinajstić information content (AvgIpc) is 3.53. The number of hydrazine groups is 1. The predicted molar refractivity (Wildman–Crippen MR) is 120 cm³/mol. The van der Waals surface area contributed by atoms with Gasteiger partial charge >= 0.3 is 11.9 Å². The molecule has 3 N–H and O–H groups in total. The third kappa shape index (κ3) is 5.15. The number of nitrogens with one attached hydrogen (secondary N) is 3. The molecule has 34 heavy (non-hydrogen) atoms. The van der Waals surface area contributed by atoms with Crippen molar-refractivity contribution >= 4 is 23.5 Å². The number of methoxy groups -OCH3 is 1. The Morgan fingerprint density at radius 3 is 2.65 bits per heavy atom. The molecule has 0 saturated heterocycles. The first kappa shape index (κ1) is 22.8. The Hall–Kier alpha value is -4.38. The van der Waals surface area contributed by atoms with E-state index in [1.54, 1.807) is 48.8 Å². The maximum absolute atomic E-state index is 14.7. The van der Waals surface area contributed by atoms with E-state index in [4.69, 9.17) is 20.9 Å². The molecule has 0 aliphatic carbocycles. The van der Waals surface area contributed by atoms with Crippen molar-refractivity contribution in [2.45, 2.75) is 6.54 Å². The first-order valence-electron chi connectivity index (χ1n) is 9.88. The van der Waals surface area contributed by atoms with Gasteiger partial charge < -0.3 is 14.6 Å². The van der Waals surface area contributed by atoms with Gasteiger partial charge in [0.1, 0.15) is 5.69 Å². The van der Waals surface area contributed by atoms with Crippen LogP contribution in [-0.4, -0.2) is 34.0 Å². The Bertz CT molecular complexity index is 1310. The summed E-state index contributed by atoms with van der Waals surface area (Å²) >= 11 is 6.08. The minimum Gasteiger partial charge on any atom is -0.479 e. The van der Waals surface area contributed by atoms with Crippen LogP contribution in [0.3, 0.4) is 0 Å². The smallest absolute Gasteiger partial charge is 0.333 e. The van der Waals surface area contributed by atoms with E-state index in [-0.39, 0.29) is 28.9 Å². The molecule has 174 valence electrons. The molecule has 0 atom stereocenters. The molecule has 0 bridgehead atoms. The van der Waals surface area contributed by atoms with E-state index in [2.05, 4.69) is 26.4 Å². The van der Waals surface area contributed by atoms with Gasteiger partial charge in [-0.25, -0.2) is 19.3 Å². The van der Waals surface area contributed by atoms with Crippen LogP contribution >= 0.6 is 11.6 Å². The van der Waals surface area contributed by atoms with Gasteiger partial charge in [-0.15, -0.1) is 0 Å². The molecule has 3 amide bonds. The van der Waals surface area contributed by atoms with E-state index in [1.165, 1.54) is 23.9 Å². The van der Waals surface area contributed by atoms with Crippen molar-refractivity contribution in [2.75, 3.05) is 7.11 Å². The number of hydrogen-bond donors (Lipinski definition) is 3. The van der Waals surface area contributed by atoms with E-state index < -0.39 is 17.8 Å². The van der Waals surface area contributed by atoms with Gasteiger partial charge in [-0.2, -0.15) is 5.10 Å². The molecule has 2 aromatic heterocycles. The second kappa shape index (κ2) is 10.0. The molecular weight excluding hydrogens is 467 g/mol. The Labute approximate surface area is 197 Å². The molecule has 12 heteroatoms. The van der Waals surface area contributed by atoms with Gasteiger partial charge in [0.25, 0.3) is 5.88 Å². The van der Waals surface area contributed by atoms with E-state index >= 15 is 0 Å². The topological polar surface area (TPSA) is 123 Å². The van der Waals surface area contributed by atoms with Gasteiger partial charge in [-0.05, 0) is 34.5 Å². The highest BCUT2D eigenvalue weighted by Crippen LogP contribution is 2.32. The standard InChI is InChI=1S/C22H18ClFN6O4/c1-33-19-11-18(34-29-19)21(31)27-28-22(32)25-12-13-3-5-14(6-4-13)16-9-15(23)10-17(24)20(16)30-8-2-7-26-30/h2-11H,12H2,1H3,(H,27,31)(H2,25,28,32). The van der Waals surface area contributed by atoms with Crippen LogP contribution in [0, 0.1) is 5.82 Å². The van der Waals surface area contributed by atoms with Crippen LogP contribution in [0.2, 0.25) is 5.02 Å². The Morgan fingerprint density at radius 1 is 1.18 bits per heavy atom. The molecular formula is C22H18ClFN6O4. The van der Waals surface area contributed by atoms with Crippen molar-refractivity contribution in [3.8, 4) is 22.7 Å². The maximum Gasteiger partial charge on any atom is 0.333 e. The molecule has 0 spiro atoms. The molecule has 0 unspecified atom stereocenters. The monoisotopic (exact) mass is 484 g/mol. The van der Waals surface area contributed by atoms with Gasteiger partial charge in [0, 0.05) is 29.5 Å². The minimum absolute atomic E-state index is 0.125. The first-order chi connectivity index (χ1) is 16.4. The molecule has 0 fully saturated rings. The Morgan fingerprint density at radius 2 is 1.97 bits per heavy atom. The normalized spacial score (nSPS) is 10.6. The second-order valence-corrected chi connectivity index (χ2v) is 7.36. The maximum atomic E-state index is 14.7. The Balaban J connectivity index is 1.37. The van der Waals surface area contributed by atoms with Crippen LogP contribution in [0.25, 0.3) is 16.8 Å². The number of benzene rings is 2. The number of nitrogens with zero attached hydrogens (tertiary/aromatic N) is 3. The lowest BCUT2D eigenvalue weighted by Crippen LogP contribution is -2.46. The zero-order valence-electron chi connectivity index (χ0n) is 17.7. The quantitative estimate of drug-likeness (QED) is 0.360. The molecule has 0 aliphatic rings. The third-order valence-corrected chi connectivity index (χ3v) is 4.91. The van der Waals surface area contributed by atoms with Crippen molar-refractivity contribution in [2.24, 2.45) is 0 Å². The first-order valence-corrected chi connectivity index (χ1v) is 10.3. The summed E-state index contributed by atoms with van der Waals surface area (Å²) in [6.45, 7) is 0.175. The average molecular weight is 485 g/mol. The lowest BCUT2D eigenvalue weighted by Gasteiger charge is -2.13. The summed E-state index contributed by atoms with van der Waals surface area (Å²) in [5.74, 6) is -1.19. The summed E-state index contributed by atoms with van der Waals surface area (Å²) in [5, 5.41) is 10.5. The highest BCUT2D eigenvalue weighted by atomic mass is 35.5. The van der Waals surface area contributed by atoms with Gasteiger partial charge in [0.2, 0.25) is 5.76 Å². The number of carbonyl (C=O) groups is 2. The zero-order valence-corrected chi connectivity index (χ0v) is 18.5. The molecule has 2 aromatic carbocycles. The van der Waals surface area contributed by atoms with Crippen molar-refractivity contribution in [3.63, 3.8) is 0 Å². The molecule has 0 radical (unpaired) electrons.